The smallest absolute Gasteiger partial charge is 0.265 e. The minimum absolute atomic E-state index is 0.403. The molecule has 1 aliphatic rings. The number of para-hydroxylation sites is 1. The van der Waals surface area contributed by atoms with Gasteiger partial charge in [0.2, 0.25) is 0 Å². The van der Waals surface area contributed by atoms with Gasteiger partial charge in [-0.15, -0.1) is 10.2 Å². The first-order chi connectivity index (χ1) is 11.7. The van der Waals surface area contributed by atoms with E-state index in [2.05, 4.69) is 50.6 Å². The number of hydrogen-bond donors (Lipinski definition) is 2. The van der Waals surface area contributed by atoms with Crippen LogP contribution in [0.1, 0.15) is 26.7 Å². The fraction of sp³-hybridized carbons (Fsp3) is 0.333. The Hall–Kier alpha value is -2.76. The van der Waals surface area contributed by atoms with Crippen molar-refractivity contribution < 1.29 is 0 Å². The second-order valence-electron chi connectivity index (χ2n) is 6.52. The van der Waals surface area contributed by atoms with Crippen molar-refractivity contribution in [1.29, 1.82) is 0 Å². The van der Waals surface area contributed by atoms with Crippen molar-refractivity contribution in [3.8, 4) is 0 Å². The Bertz CT molecular complexity index is 939. The maximum atomic E-state index is 4.46. The summed E-state index contributed by atoms with van der Waals surface area (Å²) >= 11 is 0. The normalized spacial score (nSPS) is 21.5. The predicted molar refractivity (Wildman–Crippen MR) is 96.9 cm³/mol. The van der Waals surface area contributed by atoms with Crippen LogP contribution in [0, 0.1) is 11.8 Å². The van der Waals surface area contributed by atoms with Gasteiger partial charge in [0.05, 0.1) is 0 Å². The first kappa shape index (κ1) is 14.8. The monoisotopic (exact) mass is 320 g/mol. The van der Waals surface area contributed by atoms with Crippen LogP contribution in [0.4, 0.5) is 5.95 Å². The molecule has 3 aromatic rings. The molecular formula is C18H20N6. The minimum atomic E-state index is 0.403. The van der Waals surface area contributed by atoms with Crippen molar-refractivity contribution in [3.05, 3.63) is 35.9 Å². The van der Waals surface area contributed by atoms with E-state index in [0.717, 1.165) is 29.3 Å². The molecule has 6 nitrogen and oxygen atoms in total. The van der Waals surface area contributed by atoms with Crippen LogP contribution in [0.15, 0.2) is 41.0 Å². The molecule has 1 aromatic carbocycles. The lowest BCUT2D eigenvalue weighted by molar-refractivity contribution is 0.438. The van der Waals surface area contributed by atoms with E-state index >= 15 is 0 Å². The molecule has 0 spiro atoms. The highest BCUT2D eigenvalue weighted by atomic mass is 15.4. The van der Waals surface area contributed by atoms with Crippen molar-refractivity contribution in [3.63, 3.8) is 0 Å². The lowest BCUT2D eigenvalue weighted by Gasteiger charge is -2.24. The zero-order valence-electron chi connectivity index (χ0n) is 13.8. The standard InChI is InChI=1S/C18H20N6/c1-11-7-8-13(12(2)9-11)10-19-23-18-21-17-16(22-24-18)14-5-3-4-6-15(14)20-17/h3-7,10,12-13H,8-9H2,1-2H3,(H2,20,21,23,24)/b19-10-/t12-,13+/m1/s1. The molecule has 2 atom stereocenters. The molecule has 0 bridgehead atoms. The molecule has 122 valence electrons. The maximum Gasteiger partial charge on any atom is 0.265 e. The predicted octanol–water partition coefficient (Wildman–Crippen LogP) is 3.90. The third-order valence-electron chi connectivity index (χ3n) is 4.67. The largest absolute Gasteiger partial charge is 0.338 e. The highest BCUT2D eigenvalue weighted by Gasteiger charge is 2.18. The number of nitrogens with zero attached hydrogens (tertiary/aromatic N) is 4. The number of hydrazone groups is 1. The van der Waals surface area contributed by atoms with Crippen LogP contribution >= 0.6 is 0 Å². The van der Waals surface area contributed by atoms with E-state index in [-0.39, 0.29) is 0 Å². The molecule has 6 heteroatoms. The number of allylic oxidation sites excluding steroid dienone is 2. The van der Waals surface area contributed by atoms with Crippen LogP contribution in [0.25, 0.3) is 22.1 Å². The molecule has 0 amide bonds. The summed E-state index contributed by atoms with van der Waals surface area (Å²) in [6.07, 6.45) is 6.44. The summed E-state index contributed by atoms with van der Waals surface area (Å²) in [6.45, 7) is 4.46. The maximum absolute atomic E-state index is 4.46. The van der Waals surface area contributed by atoms with Gasteiger partial charge >= 0.3 is 0 Å². The van der Waals surface area contributed by atoms with Crippen LogP contribution in [0.2, 0.25) is 0 Å². The molecule has 2 heterocycles. The van der Waals surface area contributed by atoms with Gasteiger partial charge in [0, 0.05) is 23.0 Å². The van der Waals surface area contributed by atoms with Gasteiger partial charge in [-0.2, -0.15) is 10.1 Å². The van der Waals surface area contributed by atoms with Gasteiger partial charge in [0.25, 0.3) is 5.95 Å². The molecule has 2 aromatic heterocycles. The van der Waals surface area contributed by atoms with Crippen molar-refractivity contribution in [1.82, 2.24) is 20.2 Å². The second kappa shape index (κ2) is 6.03. The summed E-state index contributed by atoms with van der Waals surface area (Å²) in [7, 11) is 0. The molecule has 0 unspecified atom stereocenters. The van der Waals surface area contributed by atoms with Crippen LogP contribution in [0.5, 0.6) is 0 Å². The lowest BCUT2D eigenvalue weighted by atomic mass is 9.82. The lowest BCUT2D eigenvalue weighted by Crippen LogP contribution is -2.17. The van der Waals surface area contributed by atoms with Crippen molar-refractivity contribution >= 4 is 34.2 Å². The number of aromatic amines is 1. The third kappa shape index (κ3) is 2.75. The average Bonchev–Trinajstić information content (AvgIpc) is 2.94. The minimum Gasteiger partial charge on any atom is -0.338 e. The van der Waals surface area contributed by atoms with Gasteiger partial charge in [-0.25, -0.2) is 5.43 Å². The number of benzene rings is 1. The van der Waals surface area contributed by atoms with E-state index in [1.807, 2.05) is 30.5 Å². The Labute approximate surface area is 140 Å². The molecule has 0 radical (unpaired) electrons. The SMILES string of the molecule is CC1=CC[C@@H](/C=N\Nc2nnc3c(n2)[nH]c2ccccc23)[C@H](C)C1. The molecule has 4 rings (SSSR count). The summed E-state index contributed by atoms with van der Waals surface area (Å²) in [5, 5.41) is 13.7. The van der Waals surface area contributed by atoms with E-state index in [0.29, 0.717) is 23.4 Å². The fourth-order valence-electron chi connectivity index (χ4n) is 3.28. The van der Waals surface area contributed by atoms with Crippen LogP contribution in [0.3, 0.4) is 0 Å². The molecular weight excluding hydrogens is 300 g/mol. The average molecular weight is 320 g/mol. The Balaban J connectivity index is 1.52. The summed E-state index contributed by atoms with van der Waals surface area (Å²) in [4.78, 5) is 7.72. The molecule has 24 heavy (non-hydrogen) atoms. The van der Waals surface area contributed by atoms with Crippen molar-refractivity contribution in [2.75, 3.05) is 5.43 Å². The topological polar surface area (TPSA) is 78.8 Å². The zero-order valence-corrected chi connectivity index (χ0v) is 13.8. The third-order valence-corrected chi connectivity index (χ3v) is 4.67. The Morgan fingerprint density at radius 3 is 3.04 bits per heavy atom. The summed E-state index contributed by atoms with van der Waals surface area (Å²) in [5.74, 6) is 1.46. The van der Waals surface area contributed by atoms with Gasteiger partial charge < -0.3 is 4.98 Å². The van der Waals surface area contributed by atoms with Gasteiger partial charge in [0.15, 0.2) is 5.65 Å². The molecule has 0 fully saturated rings. The highest BCUT2D eigenvalue weighted by Crippen LogP contribution is 2.27. The molecule has 1 aliphatic carbocycles. The van der Waals surface area contributed by atoms with E-state index in [1.165, 1.54) is 5.57 Å². The van der Waals surface area contributed by atoms with E-state index in [1.54, 1.807) is 0 Å². The number of aromatic nitrogens is 4. The first-order valence-electron chi connectivity index (χ1n) is 8.26. The molecule has 0 saturated heterocycles. The zero-order chi connectivity index (χ0) is 16.5. The number of fused-ring (bicyclic) bond motifs is 3. The van der Waals surface area contributed by atoms with Gasteiger partial charge in [-0.05, 0) is 31.7 Å². The van der Waals surface area contributed by atoms with E-state index < -0.39 is 0 Å². The van der Waals surface area contributed by atoms with Crippen LogP contribution < -0.4 is 5.43 Å². The Morgan fingerprint density at radius 2 is 2.17 bits per heavy atom. The molecule has 0 saturated carbocycles. The van der Waals surface area contributed by atoms with E-state index in [4.69, 9.17) is 0 Å². The second-order valence-corrected chi connectivity index (χ2v) is 6.52. The Morgan fingerprint density at radius 1 is 1.29 bits per heavy atom. The van der Waals surface area contributed by atoms with Crippen LogP contribution in [-0.4, -0.2) is 26.4 Å². The molecule has 0 aliphatic heterocycles. The summed E-state index contributed by atoms with van der Waals surface area (Å²) < 4.78 is 0. The quantitative estimate of drug-likeness (QED) is 0.436. The molecule has 2 N–H and O–H groups in total. The fourth-order valence-corrected chi connectivity index (χ4v) is 3.28. The van der Waals surface area contributed by atoms with Crippen molar-refractivity contribution in [2.24, 2.45) is 16.9 Å². The van der Waals surface area contributed by atoms with Gasteiger partial charge in [-0.1, -0.05) is 36.8 Å². The number of anilines is 1. The number of hydrogen-bond acceptors (Lipinski definition) is 5. The van der Waals surface area contributed by atoms with E-state index in [9.17, 15) is 0 Å². The first-order valence-corrected chi connectivity index (χ1v) is 8.26. The van der Waals surface area contributed by atoms with Crippen LogP contribution in [-0.2, 0) is 0 Å². The number of nitrogens with one attached hydrogen (secondary N) is 2. The van der Waals surface area contributed by atoms with Gasteiger partial charge in [0.1, 0.15) is 5.52 Å². The highest BCUT2D eigenvalue weighted by molar-refractivity contribution is 6.03. The Kier molecular flexibility index (Phi) is 3.72. The summed E-state index contributed by atoms with van der Waals surface area (Å²) in [6, 6.07) is 7.98. The summed E-state index contributed by atoms with van der Waals surface area (Å²) in [5.41, 5.74) is 6.88. The number of rotatable bonds is 3. The number of H-pyrrole nitrogens is 1. The van der Waals surface area contributed by atoms with Gasteiger partial charge in [-0.3, -0.25) is 0 Å². The van der Waals surface area contributed by atoms with Crippen molar-refractivity contribution in [2.45, 2.75) is 26.7 Å².